The van der Waals surface area contributed by atoms with Crippen LogP contribution in [0.3, 0.4) is 0 Å². The Kier molecular flexibility index (Phi) is 2.86. The number of hydrogen-bond acceptors (Lipinski definition) is 3. The van der Waals surface area contributed by atoms with Gasteiger partial charge in [0.25, 0.3) is 0 Å². The van der Waals surface area contributed by atoms with Crippen molar-refractivity contribution in [1.82, 2.24) is 5.32 Å². The van der Waals surface area contributed by atoms with Gasteiger partial charge in [-0.25, -0.2) is 0 Å². The van der Waals surface area contributed by atoms with Crippen molar-refractivity contribution in [3.05, 3.63) is 0 Å². The molecule has 0 bridgehead atoms. The molecule has 2 rings (SSSR count). The summed E-state index contributed by atoms with van der Waals surface area (Å²) < 4.78 is 5.23. The average Bonchev–Trinajstić information content (AvgIpc) is 2.44. The molecule has 3 heteroatoms. The van der Waals surface area contributed by atoms with Gasteiger partial charge in [0.2, 0.25) is 0 Å². The summed E-state index contributed by atoms with van der Waals surface area (Å²) in [7, 11) is 0. The largest absolute Gasteiger partial charge is 0.380 e. The Morgan fingerprint density at radius 1 is 1.54 bits per heavy atom. The summed E-state index contributed by atoms with van der Waals surface area (Å²) in [6.45, 7) is 7.64. The number of ether oxygens (including phenoxy) is 1. The van der Waals surface area contributed by atoms with E-state index in [9.17, 15) is 0 Å². The first-order valence-corrected chi connectivity index (χ1v) is 6.17. The van der Waals surface area contributed by atoms with Crippen LogP contribution in [0.25, 0.3) is 0 Å². The van der Waals surface area contributed by atoms with Crippen molar-refractivity contribution in [3.8, 4) is 0 Å². The van der Waals surface area contributed by atoms with Gasteiger partial charge in [-0.05, 0) is 12.2 Å². The van der Waals surface area contributed by atoms with Crippen molar-refractivity contribution in [2.24, 2.45) is 5.41 Å². The topological polar surface area (TPSA) is 21.3 Å². The van der Waals surface area contributed by atoms with Crippen LogP contribution in [0.15, 0.2) is 0 Å². The molecule has 76 valence electrons. The van der Waals surface area contributed by atoms with Gasteiger partial charge in [0.05, 0.1) is 13.2 Å². The highest BCUT2D eigenvalue weighted by molar-refractivity contribution is 8.00. The predicted octanol–water partition coefficient (Wildman–Crippen LogP) is 1.51. The molecular formula is C10H19NOS. The molecule has 2 atom stereocenters. The molecule has 2 aliphatic rings. The van der Waals surface area contributed by atoms with Gasteiger partial charge in [0, 0.05) is 23.3 Å². The summed E-state index contributed by atoms with van der Waals surface area (Å²) in [6.07, 6.45) is 1.34. The van der Waals surface area contributed by atoms with E-state index in [-0.39, 0.29) is 0 Å². The van der Waals surface area contributed by atoms with Crippen LogP contribution in [0, 0.1) is 5.41 Å². The molecular weight excluding hydrogens is 182 g/mol. The van der Waals surface area contributed by atoms with Crippen LogP contribution in [0.5, 0.6) is 0 Å². The van der Waals surface area contributed by atoms with E-state index in [4.69, 9.17) is 4.74 Å². The Bertz CT molecular complexity index is 182. The van der Waals surface area contributed by atoms with Gasteiger partial charge in [0.1, 0.15) is 0 Å². The smallest absolute Gasteiger partial charge is 0.0554 e. The van der Waals surface area contributed by atoms with E-state index < -0.39 is 0 Å². The number of nitrogens with one attached hydrogen (secondary N) is 1. The van der Waals surface area contributed by atoms with E-state index in [0.29, 0.717) is 5.41 Å². The Hall–Kier alpha value is 0.270. The molecule has 0 aromatic rings. The predicted molar refractivity (Wildman–Crippen MR) is 57.3 cm³/mol. The highest BCUT2D eigenvalue weighted by atomic mass is 32.2. The molecule has 0 aromatic carbocycles. The summed E-state index contributed by atoms with van der Waals surface area (Å²) in [4.78, 5) is 0. The minimum atomic E-state index is 0.424. The van der Waals surface area contributed by atoms with Gasteiger partial charge < -0.3 is 10.1 Å². The van der Waals surface area contributed by atoms with Crippen LogP contribution < -0.4 is 5.32 Å². The fourth-order valence-electron chi connectivity index (χ4n) is 1.93. The lowest BCUT2D eigenvalue weighted by molar-refractivity contribution is -0.0999. The second kappa shape index (κ2) is 3.79. The third-order valence-electron chi connectivity index (χ3n) is 3.07. The summed E-state index contributed by atoms with van der Waals surface area (Å²) in [5, 5.41) is 4.47. The van der Waals surface area contributed by atoms with Crippen LogP contribution in [0.2, 0.25) is 0 Å². The van der Waals surface area contributed by atoms with E-state index in [2.05, 4.69) is 30.9 Å². The van der Waals surface area contributed by atoms with E-state index in [1.807, 2.05) is 0 Å². The van der Waals surface area contributed by atoms with Gasteiger partial charge >= 0.3 is 0 Å². The zero-order valence-electron chi connectivity index (χ0n) is 8.51. The zero-order valence-corrected chi connectivity index (χ0v) is 9.32. The van der Waals surface area contributed by atoms with Gasteiger partial charge in [-0.3, -0.25) is 0 Å². The van der Waals surface area contributed by atoms with E-state index in [0.717, 1.165) is 31.1 Å². The van der Waals surface area contributed by atoms with E-state index in [1.54, 1.807) is 0 Å². The van der Waals surface area contributed by atoms with Crippen LogP contribution in [-0.4, -0.2) is 36.8 Å². The normalized spacial score (nSPS) is 37.4. The molecule has 2 aliphatic heterocycles. The van der Waals surface area contributed by atoms with Crippen LogP contribution in [-0.2, 0) is 4.74 Å². The SMILES string of the molecule is CC1SCCC1NCC1(C)COC1. The number of thioether (sulfide) groups is 1. The van der Waals surface area contributed by atoms with Gasteiger partial charge in [-0.15, -0.1) is 0 Å². The van der Waals surface area contributed by atoms with Crippen LogP contribution >= 0.6 is 11.8 Å². The highest BCUT2D eigenvalue weighted by Gasteiger charge is 2.34. The monoisotopic (exact) mass is 201 g/mol. The van der Waals surface area contributed by atoms with Crippen molar-refractivity contribution in [2.45, 2.75) is 31.6 Å². The Balaban J connectivity index is 1.72. The maximum Gasteiger partial charge on any atom is 0.0554 e. The lowest BCUT2D eigenvalue weighted by Gasteiger charge is -2.39. The lowest BCUT2D eigenvalue weighted by Crippen LogP contribution is -2.50. The quantitative estimate of drug-likeness (QED) is 0.748. The maximum absolute atomic E-state index is 5.23. The molecule has 0 saturated carbocycles. The Labute approximate surface area is 84.8 Å². The fraction of sp³-hybridized carbons (Fsp3) is 1.00. The molecule has 13 heavy (non-hydrogen) atoms. The number of rotatable bonds is 3. The van der Waals surface area contributed by atoms with Gasteiger partial charge in [0.15, 0.2) is 0 Å². The van der Waals surface area contributed by atoms with Crippen LogP contribution in [0.1, 0.15) is 20.3 Å². The van der Waals surface area contributed by atoms with Crippen molar-refractivity contribution >= 4 is 11.8 Å². The molecule has 0 radical (unpaired) electrons. The number of hydrogen-bond donors (Lipinski definition) is 1. The van der Waals surface area contributed by atoms with Crippen molar-refractivity contribution in [1.29, 1.82) is 0 Å². The Morgan fingerprint density at radius 3 is 2.77 bits per heavy atom. The zero-order chi connectivity index (χ0) is 9.31. The standard InChI is InChI=1S/C10H19NOS/c1-8-9(3-4-13-8)11-5-10(2)6-12-7-10/h8-9,11H,3-7H2,1-2H3. The summed E-state index contributed by atoms with van der Waals surface area (Å²) in [5.41, 5.74) is 0.424. The van der Waals surface area contributed by atoms with Gasteiger partial charge in [-0.2, -0.15) is 11.8 Å². The van der Waals surface area contributed by atoms with Crippen LogP contribution in [0.4, 0.5) is 0 Å². The fourth-order valence-corrected chi connectivity index (χ4v) is 3.16. The average molecular weight is 201 g/mol. The Morgan fingerprint density at radius 2 is 2.31 bits per heavy atom. The first kappa shape index (κ1) is 9.81. The molecule has 2 heterocycles. The minimum absolute atomic E-state index is 0.424. The summed E-state index contributed by atoms with van der Waals surface area (Å²) >= 11 is 2.09. The maximum atomic E-state index is 5.23. The molecule has 0 aromatic heterocycles. The minimum Gasteiger partial charge on any atom is -0.380 e. The molecule has 2 fully saturated rings. The molecule has 2 saturated heterocycles. The molecule has 0 spiro atoms. The highest BCUT2D eigenvalue weighted by Crippen LogP contribution is 2.29. The third kappa shape index (κ3) is 2.20. The molecule has 0 aliphatic carbocycles. The van der Waals surface area contributed by atoms with Crippen molar-refractivity contribution in [2.75, 3.05) is 25.5 Å². The van der Waals surface area contributed by atoms with E-state index in [1.165, 1.54) is 12.2 Å². The summed E-state index contributed by atoms with van der Waals surface area (Å²) in [5.74, 6) is 1.33. The third-order valence-corrected chi connectivity index (χ3v) is 4.39. The van der Waals surface area contributed by atoms with Gasteiger partial charge in [-0.1, -0.05) is 13.8 Å². The van der Waals surface area contributed by atoms with E-state index >= 15 is 0 Å². The van der Waals surface area contributed by atoms with Crippen molar-refractivity contribution < 1.29 is 4.74 Å². The molecule has 2 unspecified atom stereocenters. The first-order chi connectivity index (χ1) is 6.20. The second-order valence-corrected chi connectivity index (χ2v) is 6.14. The lowest BCUT2D eigenvalue weighted by atomic mass is 9.88. The molecule has 2 nitrogen and oxygen atoms in total. The second-order valence-electron chi connectivity index (χ2n) is 4.66. The van der Waals surface area contributed by atoms with Crippen molar-refractivity contribution in [3.63, 3.8) is 0 Å². The first-order valence-electron chi connectivity index (χ1n) is 5.12. The molecule has 0 amide bonds. The molecule has 1 N–H and O–H groups in total. The summed E-state index contributed by atoms with van der Waals surface area (Å²) in [6, 6.07) is 0.738.